The summed E-state index contributed by atoms with van der Waals surface area (Å²) < 4.78 is 5.70. The molecule has 0 radical (unpaired) electrons. The Bertz CT molecular complexity index is 1380. The second-order valence-electron chi connectivity index (χ2n) is 9.31. The van der Waals surface area contributed by atoms with Crippen molar-refractivity contribution in [3.8, 4) is 11.1 Å². The summed E-state index contributed by atoms with van der Waals surface area (Å²) in [6.45, 7) is 12.9. The fourth-order valence-corrected chi connectivity index (χ4v) is 4.95. The summed E-state index contributed by atoms with van der Waals surface area (Å²) in [6.07, 6.45) is 7.90. The molecule has 0 amide bonds. The molecule has 0 atom stereocenters. The van der Waals surface area contributed by atoms with E-state index in [-0.39, 0.29) is 0 Å². The van der Waals surface area contributed by atoms with E-state index in [2.05, 4.69) is 91.4 Å². The summed E-state index contributed by atoms with van der Waals surface area (Å²) in [5.41, 5.74) is 12.6. The molecule has 0 fully saturated rings. The minimum Gasteiger partial charge on any atom is -0.381 e. The van der Waals surface area contributed by atoms with Crippen molar-refractivity contribution in [2.45, 2.75) is 40.3 Å². The van der Waals surface area contributed by atoms with Gasteiger partial charge in [-0.1, -0.05) is 85.0 Å². The highest BCUT2D eigenvalue weighted by molar-refractivity contribution is 5.92. The Morgan fingerprint density at radius 3 is 2.70 bits per heavy atom. The van der Waals surface area contributed by atoms with Gasteiger partial charge in [-0.2, -0.15) is 0 Å². The Balaban J connectivity index is 1.73. The van der Waals surface area contributed by atoms with Gasteiger partial charge in [-0.3, -0.25) is 5.41 Å². The van der Waals surface area contributed by atoms with E-state index in [1.54, 1.807) is 6.21 Å². The van der Waals surface area contributed by atoms with Crippen LogP contribution in [-0.4, -0.2) is 19.2 Å². The molecule has 37 heavy (non-hydrogen) atoms. The fourth-order valence-electron chi connectivity index (χ4n) is 4.95. The Kier molecular flexibility index (Phi) is 8.65. The number of allylic oxidation sites excluding steroid dienone is 3. The van der Waals surface area contributed by atoms with Crippen LogP contribution in [0.5, 0.6) is 0 Å². The van der Waals surface area contributed by atoms with Crippen molar-refractivity contribution >= 4 is 24.3 Å². The zero-order valence-electron chi connectivity index (χ0n) is 22.0. The lowest BCUT2D eigenvalue weighted by atomic mass is 9.91. The van der Waals surface area contributed by atoms with Crippen molar-refractivity contribution in [3.05, 3.63) is 118 Å². The van der Waals surface area contributed by atoms with Crippen LogP contribution in [0.4, 0.5) is 0 Å². The number of benzene rings is 3. The summed E-state index contributed by atoms with van der Waals surface area (Å²) in [7, 11) is 0. The highest BCUT2D eigenvalue weighted by Gasteiger charge is 2.16. The van der Waals surface area contributed by atoms with Gasteiger partial charge in [0.05, 0.1) is 13.2 Å². The van der Waals surface area contributed by atoms with E-state index in [4.69, 9.17) is 10.1 Å². The number of fused-ring (bicyclic) bond motifs is 1. The predicted molar refractivity (Wildman–Crippen MR) is 157 cm³/mol. The third-order valence-electron chi connectivity index (χ3n) is 6.74. The van der Waals surface area contributed by atoms with Crippen LogP contribution in [0.2, 0.25) is 0 Å². The quantitative estimate of drug-likeness (QED) is 0.185. The molecule has 4 rings (SSSR count). The maximum absolute atomic E-state index is 7.24. The first kappa shape index (κ1) is 26.1. The van der Waals surface area contributed by atoms with Crippen LogP contribution in [0.1, 0.15) is 47.2 Å². The molecule has 0 aliphatic carbocycles. The van der Waals surface area contributed by atoms with Gasteiger partial charge in [0.1, 0.15) is 6.34 Å². The molecule has 188 valence electrons. The zero-order chi connectivity index (χ0) is 26.2. The lowest BCUT2D eigenvalue weighted by molar-refractivity contribution is 0.110. The van der Waals surface area contributed by atoms with Crippen LogP contribution >= 0.6 is 0 Å². The molecular weight excluding hydrogens is 454 g/mol. The minimum absolute atomic E-state index is 0.685. The summed E-state index contributed by atoms with van der Waals surface area (Å²) in [4.78, 5) is 4.00. The summed E-state index contributed by atoms with van der Waals surface area (Å²) in [6, 6.07) is 21.3. The van der Waals surface area contributed by atoms with E-state index >= 15 is 0 Å². The monoisotopic (exact) mass is 489 g/mol. The first-order valence-corrected chi connectivity index (χ1v) is 12.7. The third kappa shape index (κ3) is 6.22. The molecule has 4 heteroatoms. The number of ether oxygens (including phenoxy) is 1. The van der Waals surface area contributed by atoms with Crippen LogP contribution in [0, 0.1) is 12.3 Å². The summed E-state index contributed by atoms with van der Waals surface area (Å²) >= 11 is 0. The first-order chi connectivity index (χ1) is 18.0. The van der Waals surface area contributed by atoms with Crippen molar-refractivity contribution in [3.63, 3.8) is 0 Å². The molecule has 1 heterocycles. The van der Waals surface area contributed by atoms with Gasteiger partial charge in [0.15, 0.2) is 0 Å². The van der Waals surface area contributed by atoms with Crippen LogP contribution in [-0.2, 0) is 24.3 Å². The number of nitrogens with zero attached hydrogens (tertiary/aromatic N) is 1. The number of rotatable bonds is 9. The maximum Gasteiger partial charge on any atom is 0.106 e. The first-order valence-electron chi connectivity index (χ1n) is 12.7. The average molecular weight is 490 g/mol. The van der Waals surface area contributed by atoms with Crippen molar-refractivity contribution in [1.29, 1.82) is 5.41 Å². The molecule has 3 aromatic carbocycles. The van der Waals surface area contributed by atoms with Gasteiger partial charge in [0.2, 0.25) is 0 Å². The Hall–Kier alpha value is -4.02. The second kappa shape index (κ2) is 12.3. The van der Waals surface area contributed by atoms with Crippen LogP contribution in [0.3, 0.4) is 0 Å². The van der Waals surface area contributed by atoms with Crippen molar-refractivity contribution < 1.29 is 4.74 Å². The van der Waals surface area contributed by atoms with Crippen LogP contribution < -0.4 is 5.32 Å². The molecule has 4 nitrogen and oxygen atoms in total. The summed E-state index contributed by atoms with van der Waals surface area (Å²) in [5.74, 6) is 0. The third-order valence-corrected chi connectivity index (χ3v) is 6.74. The van der Waals surface area contributed by atoms with E-state index in [1.165, 1.54) is 22.3 Å². The molecule has 0 aromatic heterocycles. The molecule has 0 saturated heterocycles. The molecule has 0 spiro atoms. The number of hydrogen-bond acceptors (Lipinski definition) is 3. The SMILES string of the molecule is C=C(NCc1cc(C)cc2c1CCOC2)c1c(/C=C(C)/C(/C=N\C=N)=C/C)cccc1-c1ccccc1. The number of hydrogen-bond donors (Lipinski definition) is 2. The second-order valence-corrected chi connectivity index (χ2v) is 9.31. The standard InChI is InChI=1S/C33H35N3O/c1-5-26(19-35-22-34)24(3)18-28-12-9-13-32(27-10-7-6-8-11-27)33(28)25(4)36-20-29-16-23(2)17-30-21-37-15-14-31(29)30/h5-13,16-19,22,34,36H,4,14-15,20-21H2,1-3H3/b24-18+,26-5+,34-22?,35-19-. The van der Waals surface area contributed by atoms with Crippen molar-refractivity contribution in [2.24, 2.45) is 4.99 Å². The molecule has 1 aliphatic rings. The van der Waals surface area contributed by atoms with Crippen LogP contribution in [0.25, 0.3) is 22.9 Å². The Morgan fingerprint density at radius 2 is 1.95 bits per heavy atom. The Morgan fingerprint density at radius 1 is 1.14 bits per heavy atom. The Labute approximate surface area is 220 Å². The highest BCUT2D eigenvalue weighted by atomic mass is 16.5. The topological polar surface area (TPSA) is 57.5 Å². The number of aryl methyl sites for hydroxylation is 1. The smallest absolute Gasteiger partial charge is 0.106 e. The van der Waals surface area contributed by atoms with E-state index in [0.717, 1.165) is 58.5 Å². The molecular formula is C33H35N3O. The van der Waals surface area contributed by atoms with Gasteiger partial charge in [-0.15, -0.1) is 0 Å². The molecule has 2 N–H and O–H groups in total. The highest BCUT2D eigenvalue weighted by Crippen LogP contribution is 2.32. The van der Waals surface area contributed by atoms with Gasteiger partial charge >= 0.3 is 0 Å². The number of aliphatic imine (C=N–C) groups is 1. The minimum atomic E-state index is 0.685. The normalized spacial score (nSPS) is 13.9. The maximum atomic E-state index is 7.24. The largest absolute Gasteiger partial charge is 0.381 e. The van der Waals surface area contributed by atoms with E-state index in [0.29, 0.717) is 13.2 Å². The van der Waals surface area contributed by atoms with Gasteiger partial charge in [-0.25, -0.2) is 4.99 Å². The molecule has 0 unspecified atom stereocenters. The lowest BCUT2D eigenvalue weighted by Crippen LogP contribution is -2.18. The van der Waals surface area contributed by atoms with Crippen LogP contribution in [0.15, 0.2) is 89.5 Å². The number of nitrogens with one attached hydrogen (secondary N) is 2. The lowest BCUT2D eigenvalue weighted by Gasteiger charge is -2.23. The van der Waals surface area contributed by atoms with Crippen molar-refractivity contribution in [1.82, 2.24) is 5.32 Å². The predicted octanol–water partition coefficient (Wildman–Crippen LogP) is 7.52. The molecule has 0 saturated carbocycles. The summed E-state index contributed by atoms with van der Waals surface area (Å²) in [5, 5.41) is 10.9. The van der Waals surface area contributed by atoms with Gasteiger partial charge in [0, 0.05) is 24.0 Å². The van der Waals surface area contributed by atoms with Crippen molar-refractivity contribution in [2.75, 3.05) is 6.61 Å². The molecule has 1 aliphatic heterocycles. The van der Waals surface area contributed by atoms with E-state index in [9.17, 15) is 0 Å². The van der Waals surface area contributed by atoms with E-state index < -0.39 is 0 Å². The van der Waals surface area contributed by atoms with Gasteiger partial charge in [0.25, 0.3) is 0 Å². The fraction of sp³-hybridized carbons (Fsp3) is 0.212. The van der Waals surface area contributed by atoms with E-state index in [1.807, 2.05) is 19.1 Å². The molecule has 3 aromatic rings. The zero-order valence-corrected chi connectivity index (χ0v) is 22.0. The average Bonchev–Trinajstić information content (AvgIpc) is 2.92. The molecule has 0 bridgehead atoms. The van der Waals surface area contributed by atoms with Gasteiger partial charge in [-0.05, 0) is 71.7 Å². The van der Waals surface area contributed by atoms with Gasteiger partial charge < -0.3 is 10.1 Å².